The number of likely N-dealkylation sites (tertiary alicyclic amines) is 1. The van der Waals surface area contributed by atoms with Crippen LogP contribution in [0.1, 0.15) is 133 Å². The molecule has 1 aromatic rings. The molecule has 1 aromatic carbocycles. The molecule has 0 spiro atoms. The van der Waals surface area contributed by atoms with E-state index in [0.29, 0.717) is 60.7 Å². The van der Waals surface area contributed by atoms with Gasteiger partial charge < -0.3 is 24.0 Å². The molecule has 2 aliphatic heterocycles. The van der Waals surface area contributed by atoms with Crippen molar-refractivity contribution in [3.8, 4) is 5.75 Å². The summed E-state index contributed by atoms with van der Waals surface area (Å²) in [6, 6.07) is 6.83. The van der Waals surface area contributed by atoms with Crippen LogP contribution < -0.4 is 4.74 Å². The number of halogens is 5. The van der Waals surface area contributed by atoms with Crippen LogP contribution in [0.3, 0.4) is 0 Å². The molecule has 5 aliphatic rings. The van der Waals surface area contributed by atoms with E-state index in [-0.39, 0.29) is 23.4 Å². The lowest BCUT2D eigenvalue weighted by molar-refractivity contribution is -0.284. The van der Waals surface area contributed by atoms with Crippen molar-refractivity contribution in [2.24, 2.45) is 23.2 Å². The first-order chi connectivity index (χ1) is 26.8. The Balaban J connectivity index is 0.960. The first-order valence-corrected chi connectivity index (χ1v) is 23.1. The van der Waals surface area contributed by atoms with Crippen molar-refractivity contribution in [2.45, 2.75) is 153 Å². The molecular weight excluding hydrogens is 752 g/mol. The van der Waals surface area contributed by atoms with E-state index in [2.05, 4.69) is 24.0 Å². The lowest BCUT2D eigenvalue weighted by atomic mass is 9.52. The van der Waals surface area contributed by atoms with Crippen LogP contribution in [0.2, 0.25) is 0 Å². The number of rotatable bonds is 16. The number of unbranched alkanes of at least 4 members (excludes halogenated alkanes) is 6. The molecule has 1 amide bonds. The third-order valence-electron chi connectivity index (χ3n) is 14.2. The number of carbonyl (C=O) groups is 1. The summed E-state index contributed by atoms with van der Waals surface area (Å²) in [5, 5.41) is 11.1. The number of carbonyl (C=O) groups excluding carboxylic acids is 1. The molecule has 7 nitrogen and oxygen atoms in total. The Kier molecular flexibility index (Phi) is 15.4. The smallest absolute Gasteiger partial charge is 0.453 e. The lowest BCUT2D eigenvalue weighted by Gasteiger charge is -2.53. The van der Waals surface area contributed by atoms with Gasteiger partial charge in [0.05, 0.1) is 12.7 Å². The third kappa shape index (κ3) is 10.7. The highest BCUT2D eigenvalue weighted by Gasteiger charge is 2.57. The molecule has 1 N–H and O–H groups in total. The second-order valence-corrected chi connectivity index (χ2v) is 19.5. The molecule has 6 rings (SSSR count). The standard InChI is InChI=1S/C43H65F5N2O5S/c1-41-20-16-36-35-13-12-34(55-40(52)50-22-17-33(18-23-50)49-21-10-25-54-26-24-49)30-32(35)29-31(39(36)37(41)14-15-38(41)51)11-7-5-3-2-4-6-8-27-56(53)28-9-19-42(44,45)43(46,47)48/h12-13,30-31,33,36-39,51H,2-11,14-29H2,1H3/t31-,36-,37+,38+,39-,41+,56?/m1/s1. The number of aliphatic hydroxyl groups excluding tert-OH is 1. The van der Waals surface area contributed by atoms with Gasteiger partial charge in [0, 0.05) is 45.2 Å². The van der Waals surface area contributed by atoms with Crippen LogP contribution in [0.4, 0.5) is 26.7 Å². The molecule has 2 saturated heterocycles. The zero-order chi connectivity index (χ0) is 39.9. The number of benzene rings is 1. The van der Waals surface area contributed by atoms with Crippen molar-refractivity contribution in [1.82, 2.24) is 9.80 Å². The summed E-state index contributed by atoms with van der Waals surface area (Å²) < 4.78 is 87.0. The minimum atomic E-state index is -5.56. The van der Waals surface area contributed by atoms with Crippen LogP contribution in [-0.4, -0.2) is 101 Å². The average Bonchev–Trinajstić information content (AvgIpc) is 3.30. The van der Waals surface area contributed by atoms with Gasteiger partial charge >= 0.3 is 18.2 Å². The minimum absolute atomic E-state index is 0.0291. The zero-order valence-corrected chi connectivity index (χ0v) is 34.2. The SMILES string of the molecule is C[C@]12CC[C@@H]3c4ccc(OC(=O)N5CCC(N6CCCOCC6)CC5)cc4C[C@@H](CCCCCCCCC[S+]([O-])CCCC(F)(F)C(F)(F)F)[C@H]3[C@@H]1CC[C@@H]2O. The van der Waals surface area contributed by atoms with Gasteiger partial charge in [0.15, 0.2) is 0 Å². The first-order valence-electron chi connectivity index (χ1n) is 21.7. The maximum absolute atomic E-state index is 13.3. The quantitative estimate of drug-likeness (QED) is 0.102. The number of nitrogens with zero attached hydrogens (tertiary/aromatic N) is 2. The highest BCUT2D eigenvalue weighted by Crippen LogP contribution is 2.63. The Hall–Kier alpha value is -1.67. The molecule has 2 saturated carbocycles. The van der Waals surface area contributed by atoms with E-state index in [4.69, 9.17) is 9.47 Å². The predicted octanol–water partition coefficient (Wildman–Crippen LogP) is 9.66. The number of hydrogen-bond acceptors (Lipinski definition) is 6. The van der Waals surface area contributed by atoms with Gasteiger partial charge in [-0.1, -0.05) is 56.3 Å². The molecular formula is C43H65F5N2O5S. The number of amides is 1. The van der Waals surface area contributed by atoms with Crippen molar-refractivity contribution in [3.05, 3.63) is 29.3 Å². The van der Waals surface area contributed by atoms with Crippen LogP contribution in [0.25, 0.3) is 0 Å². The van der Waals surface area contributed by atoms with Gasteiger partial charge in [-0.2, -0.15) is 22.0 Å². The summed E-state index contributed by atoms with van der Waals surface area (Å²) in [6.07, 6.45) is 8.25. The summed E-state index contributed by atoms with van der Waals surface area (Å²) in [5.74, 6) is -1.89. The zero-order valence-electron chi connectivity index (χ0n) is 33.4. The second kappa shape index (κ2) is 19.6. The van der Waals surface area contributed by atoms with Gasteiger partial charge in [-0.3, -0.25) is 4.90 Å². The fourth-order valence-electron chi connectivity index (χ4n) is 11.0. The molecule has 4 fully saturated rings. The lowest BCUT2D eigenvalue weighted by Crippen LogP contribution is -2.48. The Morgan fingerprint density at radius 3 is 2.39 bits per heavy atom. The Morgan fingerprint density at radius 1 is 0.929 bits per heavy atom. The predicted molar refractivity (Wildman–Crippen MR) is 209 cm³/mol. The Labute approximate surface area is 334 Å². The normalized spacial score (nSPS) is 29.6. The fourth-order valence-corrected chi connectivity index (χ4v) is 12.2. The summed E-state index contributed by atoms with van der Waals surface area (Å²) in [5.41, 5.74) is 2.67. The van der Waals surface area contributed by atoms with Gasteiger partial charge in [0.2, 0.25) is 0 Å². The molecule has 2 heterocycles. The van der Waals surface area contributed by atoms with Crippen molar-refractivity contribution in [3.63, 3.8) is 0 Å². The van der Waals surface area contributed by atoms with E-state index in [0.717, 1.165) is 123 Å². The van der Waals surface area contributed by atoms with Crippen LogP contribution in [-0.2, 0) is 22.3 Å². The summed E-state index contributed by atoms with van der Waals surface area (Å²) in [4.78, 5) is 17.7. The van der Waals surface area contributed by atoms with Crippen LogP contribution >= 0.6 is 0 Å². The summed E-state index contributed by atoms with van der Waals surface area (Å²) in [7, 11) is 0. The molecule has 0 aromatic heterocycles. The van der Waals surface area contributed by atoms with Crippen molar-refractivity contribution in [2.75, 3.05) is 50.9 Å². The molecule has 7 atom stereocenters. The largest absolute Gasteiger partial charge is 0.616 e. The summed E-state index contributed by atoms with van der Waals surface area (Å²) in [6.45, 7) is 7.34. The average molecular weight is 817 g/mol. The number of piperidine rings is 1. The van der Waals surface area contributed by atoms with Crippen molar-refractivity contribution in [1.29, 1.82) is 0 Å². The monoisotopic (exact) mass is 816 g/mol. The van der Waals surface area contributed by atoms with Crippen molar-refractivity contribution < 1.29 is 45.9 Å². The molecule has 13 heteroatoms. The van der Waals surface area contributed by atoms with E-state index in [1.54, 1.807) is 0 Å². The highest BCUT2D eigenvalue weighted by atomic mass is 32.2. The molecule has 3 aliphatic carbocycles. The van der Waals surface area contributed by atoms with E-state index >= 15 is 0 Å². The number of aliphatic hydroxyl groups is 1. The fraction of sp³-hybridized carbons (Fsp3) is 0.837. The molecule has 0 radical (unpaired) electrons. The number of alkyl halides is 5. The van der Waals surface area contributed by atoms with Gasteiger partial charge in [0.1, 0.15) is 17.3 Å². The highest BCUT2D eigenvalue weighted by molar-refractivity contribution is 7.91. The van der Waals surface area contributed by atoms with Gasteiger partial charge in [-0.05, 0) is 129 Å². The molecule has 56 heavy (non-hydrogen) atoms. The first kappa shape index (κ1) is 43.9. The van der Waals surface area contributed by atoms with Crippen molar-refractivity contribution >= 4 is 17.3 Å². The molecule has 0 bridgehead atoms. The van der Waals surface area contributed by atoms with E-state index < -0.39 is 36.1 Å². The maximum Gasteiger partial charge on any atom is 0.453 e. The molecule has 318 valence electrons. The maximum atomic E-state index is 13.3. The Bertz CT molecular complexity index is 1400. The topological polar surface area (TPSA) is 85.3 Å². The van der Waals surface area contributed by atoms with E-state index in [1.807, 2.05) is 11.0 Å². The van der Waals surface area contributed by atoms with Gasteiger partial charge in [-0.15, -0.1) is 0 Å². The van der Waals surface area contributed by atoms with Gasteiger partial charge in [-0.25, -0.2) is 4.79 Å². The number of ether oxygens (including phenoxy) is 2. The second-order valence-electron chi connectivity index (χ2n) is 17.8. The third-order valence-corrected chi connectivity index (χ3v) is 15.7. The van der Waals surface area contributed by atoms with Crippen LogP contribution in [0.5, 0.6) is 5.75 Å². The van der Waals surface area contributed by atoms with Crippen LogP contribution in [0, 0.1) is 23.2 Å². The Morgan fingerprint density at radius 2 is 1.64 bits per heavy atom. The summed E-state index contributed by atoms with van der Waals surface area (Å²) >= 11 is -1.38. The van der Waals surface area contributed by atoms with E-state index in [1.165, 1.54) is 11.1 Å². The van der Waals surface area contributed by atoms with E-state index in [9.17, 15) is 36.4 Å². The number of fused-ring (bicyclic) bond motifs is 5. The minimum Gasteiger partial charge on any atom is -0.616 e. The molecule has 1 unspecified atom stereocenters. The number of hydrogen-bond donors (Lipinski definition) is 1. The van der Waals surface area contributed by atoms with Gasteiger partial charge in [0.25, 0.3) is 0 Å². The van der Waals surface area contributed by atoms with Crippen LogP contribution in [0.15, 0.2) is 18.2 Å².